The van der Waals surface area contributed by atoms with E-state index in [1.807, 2.05) is 13.8 Å². The summed E-state index contributed by atoms with van der Waals surface area (Å²) in [5, 5.41) is 9.76. The number of rotatable bonds is 4. The monoisotopic (exact) mass is 307 g/mol. The first-order valence-corrected chi connectivity index (χ1v) is 7.44. The summed E-state index contributed by atoms with van der Waals surface area (Å²) in [5.41, 5.74) is 0.448. The molecule has 0 bridgehead atoms. The predicted octanol–water partition coefficient (Wildman–Crippen LogP) is 3.24. The SMILES string of the molecule is CC[C@H](C)N1C(=O)S/C(=C\c2cccc(OC)c2O)C1=O. The molecule has 1 atom stereocenters. The van der Waals surface area contributed by atoms with Gasteiger partial charge in [0.05, 0.1) is 12.0 Å². The molecule has 2 rings (SSSR count). The number of phenolic OH excluding ortho intramolecular Hbond substituents is 1. The van der Waals surface area contributed by atoms with E-state index in [0.717, 1.165) is 11.8 Å². The molecule has 0 radical (unpaired) electrons. The summed E-state index contributed by atoms with van der Waals surface area (Å²) in [6, 6.07) is 4.86. The molecule has 1 fully saturated rings. The number of benzene rings is 1. The molecule has 112 valence electrons. The van der Waals surface area contributed by atoms with Crippen molar-refractivity contribution >= 4 is 29.0 Å². The van der Waals surface area contributed by atoms with Crippen molar-refractivity contribution in [3.8, 4) is 11.5 Å². The Bertz CT molecular complexity index is 612. The van der Waals surface area contributed by atoms with Crippen LogP contribution in [0, 0.1) is 0 Å². The maximum absolute atomic E-state index is 12.3. The van der Waals surface area contributed by atoms with Crippen LogP contribution in [0.3, 0.4) is 0 Å². The molecular weight excluding hydrogens is 290 g/mol. The number of carbonyl (C=O) groups is 2. The van der Waals surface area contributed by atoms with Crippen LogP contribution in [-0.2, 0) is 4.79 Å². The van der Waals surface area contributed by atoms with Gasteiger partial charge in [-0.1, -0.05) is 19.1 Å². The third-order valence-corrected chi connectivity index (χ3v) is 4.28. The van der Waals surface area contributed by atoms with Gasteiger partial charge in [-0.15, -0.1) is 0 Å². The number of phenols is 1. The third-order valence-electron chi connectivity index (χ3n) is 3.39. The van der Waals surface area contributed by atoms with Crippen molar-refractivity contribution in [2.75, 3.05) is 7.11 Å². The van der Waals surface area contributed by atoms with E-state index >= 15 is 0 Å². The van der Waals surface area contributed by atoms with Gasteiger partial charge >= 0.3 is 0 Å². The van der Waals surface area contributed by atoms with Crippen molar-refractivity contribution in [3.05, 3.63) is 28.7 Å². The van der Waals surface area contributed by atoms with Gasteiger partial charge in [0, 0.05) is 11.6 Å². The molecule has 0 aromatic heterocycles. The quantitative estimate of drug-likeness (QED) is 0.865. The lowest BCUT2D eigenvalue weighted by molar-refractivity contribution is -0.124. The Morgan fingerprint density at radius 1 is 1.43 bits per heavy atom. The van der Waals surface area contributed by atoms with Crippen LogP contribution < -0.4 is 4.74 Å². The minimum atomic E-state index is -0.318. The highest BCUT2D eigenvalue weighted by Gasteiger charge is 2.37. The van der Waals surface area contributed by atoms with Gasteiger partial charge in [-0.25, -0.2) is 0 Å². The molecule has 2 amide bonds. The molecule has 0 unspecified atom stereocenters. The second-order valence-corrected chi connectivity index (χ2v) is 5.70. The summed E-state index contributed by atoms with van der Waals surface area (Å²) < 4.78 is 5.03. The Balaban J connectivity index is 2.35. The van der Waals surface area contributed by atoms with Gasteiger partial charge in [0.25, 0.3) is 11.1 Å². The van der Waals surface area contributed by atoms with Gasteiger partial charge in [-0.3, -0.25) is 14.5 Å². The minimum absolute atomic E-state index is 0.0460. The van der Waals surface area contributed by atoms with Crippen molar-refractivity contribution in [1.29, 1.82) is 0 Å². The number of thioether (sulfide) groups is 1. The fourth-order valence-electron chi connectivity index (χ4n) is 2.00. The van der Waals surface area contributed by atoms with Gasteiger partial charge in [0.1, 0.15) is 0 Å². The maximum Gasteiger partial charge on any atom is 0.293 e. The summed E-state index contributed by atoms with van der Waals surface area (Å²) in [6.07, 6.45) is 2.22. The number of amides is 2. The number of methoxy groups -OCH3 is 1. The standard InChI is InChI=1S/C15H17NO4S/c1-4-9(2)16-14(18)12(21-15(16)19)8-10-6-5-7-11(20-3)13(10)17/h5-9,17H,4H2,1-3H3/b12-8-/t9-/m0/s1. The Morgan fingerprint density at radius 3 is 2.76 bits per heavy atom. The van der Waals surface area contributed by atoms with E-state index in [9.17, 15) is 14.7 Å². The molecule has 0 aliphatic carbocycles. The molecule has 1 aromatic carbocycles. The molecule has 6 heteroatoms. The highest BCUT2D eigenvalue weighted by Crippen LogP contribution is 2.37. The van der Waals surface area contributed by atoms with Gasteiger partial charge < -0.3 is 9.84 Å². The fraction of sp³-hybridized carbons (Fsp3) is 0.333. The zero-order chi connectivity index (χ0) is 15.6. The second-order valence-electron chi connectivity index (χ2n) is 4.71. The van der Waals surface area contributed by atoms with Crippen LogP contribution in [0.1, 0.15) is 25.8 Å². The third kappa shape index (κ3) is 2.90. The molecular formula is C15H17NO4S. The van der Waals surface area contributed by atoms with Crippen molar-refractivity contribution in [2.24, 2.45) is 0 Å². The first-order valence-electron chi connectivity index (χ1n) is 6.62. The first kappa shape index (κ1) is 15.4. The van der Waals surface area contributed by atoms with Gasteiger partial charge in [0.15, 0.2) is 11.5 Å². The van der Waals surface area contributed by atoms with Crippen LogP contribution >= 0.6 is 11.8 Å². The number of ether oxygens (including phenoxy) is 1. The lowest BCUT2D eigenvalue weighted by Gasteiger charge is -2.19. The Morgan fingerprint density at radius 2 is 2.14 bits per heavy atom. The van der Waals surface area contributed by atoms with Crippen LogP contribution in [-0.4, -0.2) is 34.3 Å². The highest BCUT2D eigenvalue weighted by atomic mass is 32.2. The molecule has 21 heavy (non-hydrogen) atoms. The normalized spacial score (nSPS) is 18.4. The molecule has 1 heterocycles. The maximum atomic E-state index is 12.3. The van der Waals surface area contributed by atoms with Gasteiger partial charge in [-0.05, 0) is 37.2 Å². The number of hydrogen-bond donors (Lipinski definition) is 1. The topological polar surface area (TPSA) is 66.8 Å². The fourth-order valence-corrected chi connectivity index (χ4v) is 2.93. The average molecular weight is 307 g/mol. The van der Waals surface area contributed by atoms with Crippen molar-refractivity contribution in [2.45, 2.75) is 26.3 Å². The van der Waals surface area contributed by atoms with E-state index in [4.69, 9.17) is 4.74 Å². The lowest BCUT2D eigenvalue weighted by Crippen LogP contribution is -2.36. The van der Waals surface area contributed by atoms with Crippen LogP contribution in [0.25, 0.3) is 6.08 Å². The van der Waals surface area contributed by atoms with E-state index in [0.29, 0.717) is 22.6 Å². The number of hydrogen-bond acceptors (Lipinski definition) is 5. The zero-order valence-electron chi connectivity index (χ0n) is 12.1. The molecule has 1 aromatic rings. The van der Waals surface area contributed by atoms with Crippen LogP contribution in [0.4, 0.5) is 4.79 Å². The van der Waals surface area contributed by atoms with Gasteiger partial charge in [-0.2, -0.15) is 0 Å². The van der Waals surface area contributed by atoms with Crippen LogP contribution in [0.5, 0.6) is 11.5 Å². The zero-order valence-corrected chi connectivity index (χ0v) is 12.9. The number of carbonyl (C=O) groups excluding carboxylic acids is 2. The number of imide groups is 1. The Labute approximate surface area is 127 Å². The Hall–Kier alpha value is -1.95. The van der Waals surface area contributed by atoms with E-state index in [1.165, 1.54) is 18.1 Å². The second kappa shape index (κ2) is 6.22. The molecule has 1 aliphatic rings. The number of nitrogens with zero attached hydrogens (tertiary/aromatic N) is 1. The van der Waals surface area contributed by atoms with E-state index in [2.05, 4.69) is 0 Å². The first-order chi connectivity index (χ1) is 9.99. The van der Waals surface area contributed by atoms with E-state index in [1.54, 1.807) is 18.2 Å². The molecule has 5 nitrogen and oxygen atoms in total. The van der Waals surface area contributed by atoms with Crippen LogP contribution in [0.15, 0.2) is 23.1 Å². The summed E-state index contributed by atoms with van der Waals surface area (Å²) in [6.45, 7) is 3.76. The van der Waals surface area contributed by atoms with Crippen molar-refractivity contribution in [3.63, 3.8) is 0 Å². The average Bonchev–Trinajstić information content (AvgIpc) is 2.75. The summed E-state index contributed by atoms with van der Waals surface area (Å²) in [5.74, 6) is -0.0400. The smallest absolute Gasteiger partial charge is 0.293 e. The summed E-state index contributed by atoms with van der Waals surface area (Å²) in [7, 11) is 1.45. The number of aromatic hydroxyl groups is 1. The van der Waals surface area contributed by atoms with Gasteiger partial charge in [0.2, 0.25) is 0 Å². The highest BCUT2D eigenvalue weighted by molar-refractivity contribution is 8.18. The van der Waals surface area contributed by atoms with E-state index < -0.39 is 0 Å². The van der Waals surface area contributed by atoms with Crippen LogP contribution in [0.2, 0.25) is 0 Å². The summed E-state index contributed by atoms with van der Waals surface area (Å²) >= 11 is 0.889. The minimum Gasteiger partial charge on any atom is -0.504 e. The molecule has 1 aliphatic heterocycles. The summed E-state index contributed by atoms with van der Waals surface area (Å²) in [4.78, 5) is 25.8. The predicted molar refractivity (Wildman–Crippen MR) is 82.2 cm³/mol. The molecule has 0 spiro atoms. The molecule has 1 N–H and O–H groups in total. The van der Waals surface area contributed by atoms with E-state index in [-0.39, 0.29) is 22.9 Å². The lowest BCUT2D eigenvalue weighted by atomic mass is 10.1. The number of para-hydroxylation sites is 1. The molecule has 0 saturated carbocycles. The van der Waals surface area contributed by atoms with Crippen molar-refractivity contribution < 1.29 is 19.4 Å². The largest absolute Gasteiger partial charge is 0.504 e. The van der Waals surface area contributed by atoms with Crippen molar-refractivity contribution in [1.82, 2.24) is 4.90 Å². The Kier molecular flexibility index (Phi) is 4.57. The molecule has 1 saturated heterocycles.